The molecular weight excluding hydrogens is 368 g/mol. The number of nitrogens with one attached hydrogen (secondary N) is 1. The van der Waals surface area contributed by atoms with Crippen LogP contribution < -0.4 is 14.4 Å². The van der Waals surface area contributed by atoms with Crippen molar-refractivity contribution in [3.05, 3.63) is 59.7 Å². The van der Waals surface area contributed by atoms with Gasteiger partial charge in [-0.1, -0.05) is 25.1 Å². The van der Waals surface area contributed by atoms with Crippen LogP contribution in [0.5, 0.6) is 5.75 Å². The number of para-hydroxylation sites is 1. The molecule has 3 rings (SSSR count). The molecular formula is C19H20N2O5S. The van der Waals surface area contributed by atoms with Gasteiger partial charge >= 0.3 is 0 Å². The SMILES string of the molecule is COc1ccccc1CNC(=O)c1ccc(N2C(=O)[C@@H](C)CS2(=O)=O)cc1. The highest BCUT2D eigenvalue weighted by molar-refractivity contribution is 7.94. The molecule has 8 heteroatoms. The summed E-state index contributed by atoms with van der Waals surface area (Å²) >= 11 is 0. The van der Waals surface area contributed by atoms with Crippen LogP contribution in [-0.4, -0.2) is 33.1 Å². The molecule has 142 valence electrons. The monoisotopic (exact) mass is 388 g/mol. The maximum absolute atomic E-state index is 12.3. The highest BCUT2D eigenvalue weighted by Gasteiger charge is 2.41. The van der Waals surface area contributed by atoms with E-state index in [1.165, 1.54) is 24.3 Å². The Morgan fingerprint density at radius 3 is 2.44 bits per heavy atom. The lowest BCUT2D eigenvalue weighted by atomic mass is 10.1. The zero-order valence-corrected chi connectivity index (χ0v) is 15.8. The van der Waals surface area contributed by atoms with E-state index in [0.29, 0.717) is 17.9 Å². The quantitative estimate of drug-likeness (QED) is 0.845. The molecule has 1 aliphatic heterocycles. The van der Waals surface area contributed by atoms with E-state index in [-0.39, 0.29) is 17.3 Å². The average Bonchev–Trinajstić information content (AvgIpc) is 2.87. The molecule has 2 amide bonds. The third kappa shape index (κ3) is 3.80. The minimum Gasteiger partial charge on any atom is -0.496 e. The van der Waals surface area contributed by atoms with Gasteiger partial charge in [-0.25, -0.2) is 12.7 Å². The fraction of sp³-hybridized carbons (Fsp3) is 0.263. The smallest absolute Gasteiger partial charge is 0.251 e. The highest BCUT2D eigenvalue weighted by atomic mass is 32.2. The molecule has 2 aromatic carbocycles. The van der Waals surface area contributed by atoms with Crippen molar-refractivity contribution in [2.45, 2.75) is 13.5 Å². The maximum atomic E-state index is 12.3. The van der Waals surface area contributed by atoms with Crippen LogP contribution in [0.15, 0.2) is 48.5 Å². The van der Waals surface area contributed by atoms with Crippen molar-refractivity contribution < 1.29 is 22.7 Å². The van der Waals surface area contributed by atoms with E-state index in [2.05, 4.69) is 5.32 Å². The van der Waals surface area contributed by atoms with E-state index in [1.807, 2.05) is 24.3 Å². The maximum Gasteiger partial charge on any atom is 0.251 e. The summed E-state index contributed by atoms with van der Waals surface area (Å²) in [5.41, 5.74) is 1.45. The number of amides is 2. The molecule has 1 saturated heterocycles. The van der Waals surface area contributed by atoms with Gasteiger partial charge in [-0.05, 0) is 30.3 Å². The van der Waals surface area contributed by atoms with Crippen molar-refractivity contribution in [1.82, 2.24) is 5.32 Å². The van der Waals surface area contributed by atoms with Gasteiger partial charge in [0, 0.05) is 17.7 Å². The van der Waals surface area contributed by atoms with Crippen LogP contribution in [-0.2, 0) is 21.4 Å². The molecule has 27 heavy (non-hydrogen) atoms. The number of methoxy groups -OCH3 is 1. The number of ether oxygens (including phenoxy) is 1. The predicted molar refractivity (Wildman–Crippen MR) is 101 cm³/mol. The molecule has 7 nitrogen and oxygen atoms in total. The Hall–Kier alpha value is -2.87. The van der Waals surface area contributed by atoms with Crippen LogP contribution in [0.4, 0.5) is 5.69 Å². The minimum absolute atomic E-state index is 0.201. The number of carbonyl (C=O) groups excluding carboxylic acids is 2. The first kappa shape index (κ1) is 18.9. The third-order valence-corrected chi connectivity index (χ3v) is 6.22. The molecule has 1 heterocycles. The molecule has 1 aliphatic rings. The van der Waals surface area contributed by atoms with E-state index in [0.717, 1.165) is 9.87 Å². The normalized spacial score (nSPS) is 18.4. The molecule has 0 aliphatic carbocycles. The van der Waals surface area contributed by atoms with Crippen LogP contribution in [0.1, 0.15) is 22.8 Å². The molecule has 0 radical (unpaired) electrons. The molecule has 0 saturated carbocycles. The lowest BCUT2D eigenvalue weighted by molar-refractivity contribution is -0.119. The van der Waals surface area contributed by atoms with Gasteiger partial charge in [-0.15, -0.1) is 0 Å². The molecule has 1 N–H and O–H groups in total. The van der Waals surface area contributed by atoms with E-state index in [4.69, 9.17) is 4.74 Å². The van der Waals surface area contributed by atoms with E-state index in [9.17, 15) is 18.0 Å². The van der Waals surface area contributed by atoms with Gasteiger partial charge in [0.1, 0.15) is 5.75 Å². The third-order valence-electron chi connectivity index (χ3n) is 4.36. The van der Waals surface area contributed by atoms with E-state index < -0.39 is 21.8 Å². The van der Waals surface area contributed by atoms with Gasteiger partial charge in [-0.2, -0.15) is 0 Å². The Bertz CT molecular complexity index is 970. The zero-order chi connectivity index (χ0) is 19.6. The second-order valence-corrected chi connectivity index (χ2v) is 8.19. The summed E-state index contributed by atoms with van der Waals surface area (Å²) in [6.07, 6.45) is 0. The summed E-state index contributed by atoms with van der Waals surface area (Å²) < 4.78 is 30.3. The van der Waals surface area contributed by atoms with Gasteiger partial charge in [-0.3, -0.25) is 9.59 Å². The van der Waals surface area contributed by atoms with E-state index >= 15 is 0 Å². The number of rotatable bonds is 5. The molecule has 1 fully saturated rings. The van der Waals surface area contributed by atoms with Crippen LogP contribution in [0.25, 0.3) is 0 Å². The lowest BCUT2D eigenvalue weighted by Crippen LogP contribution is -2.30. The molecule has 0 spiro atoms. The minimum atomic E-state index is -3.66. The number of benzene rings is 2. The van der Waals surface area contributed by atoms with Crippen molar-refractivity contribution >= 4 is 27.5 Å². The second kappa shape index (κ2) is 7.40. The summed E-state index contributed by atoms with van der Waals surface area (Å²) in [6.45, 7) is 1.88. The summed E-state index contributed by atoms with van der Waals surface area (Å²) in [5, 5.41) is 2.79. The first-order chi connectivity index (χ1) is 12.8. The molecule has 1 atom stereocenters. The summed E-state index contributed by atoms with van der Waals surface area (Å²) in [4.78, 5) is 24.5. The van der Waals surface area contributed by atoms with Crippen molar-refractivity contribution in [2.24, 2.45) is 5.92 Å². The largest absolute Gasteiger partial charge is 0.496 e. The Labute approximate surface area is 158 Å². The van der Waals surface area contributed by atoms with Crippen molar-refractivity contribution in [2.75, 3.05) is 17.2 Å². The standard InChI is InChI=1S/C19H20N2O5S/c1-13-12-27(24,25)21(19(13)23)16-9-7-14(8-10-16)18(22)20-11-15-5-3-4-6-17(15)26-2/h3-10,13H,11-12H2,1-2H3,(H,20,22)/t13-/m0/s1. The van der Waals surface area contributed by atoms with Crippen molar-refractivity contribution in [3.63, 3.8) is 0 Å². The predicted octanol–water partition coefficient (Wildman–Crippen LogP) is 1.94. The first-order valence-electron chi connectivity index (χ1n) is 8.40. The Kier molecular flexibility index (Phi) is 5.18. The molecule has 0 aromatic heterocycles. The number of sulfonamides is 1. The van der Waals surface area contributed by atoms with Gasteiger partial charge < -0.3 is 10.1 Å². The van der Waals surface area contributed by atoms with Gasteiger partial charge in [0.05, 0.1) is 24.5 Å². The van der Waals surface area contributed by atoms with Crippen LogP contribution in [0.2, 0.25) is 0 Å². The number of nitrogens with zero attached hydrogens (tertiary/aromatic N) is 1. The van der Waals surface area contributed by atoms with Gasteiger partial charge in [0.15, 0.2) is 0 Å². The summed E-state index contributed by atoms with van der Waals surface area (Å²) in [5.74, 6) is -0.855. The van der Waals surface area contributed by atoms with Crippen LogP contribution in [0, 0.1) is 5.92 Å². The second-order valence-electron chi connectivity index (χ2n) is 6.32. The van der Waals surface area contributed by atoms with Crippen LogP contribution in [0.3, 0.4) is 0 Å². The van der Waals surface area contributed by atoms with Crippen LogP contribution >= 0.6 is 0 Å². The average molecular weight is 388 g/mol. The van der Waals surface area contributed by atoms with Crippen molar-refractivity contribution in [3.8, 4) is 5.75 Å². The fourth-order valence-corrected chi connectivity index (χ4v) is 4.78. The Balaban J connectivity index is 1.72. The highest BCUT2D eigenvalue weighted by Crippen LogP contribution is 2.28. The number of anilines is 1. The van der Waals surface area contributed by atoms with E-state index in [1.54, 1.807) is 14.0 Å². The number of hydrogen-bond donors (Lipinski definition) is 1. The zero-order valence-electron chi connectivity index (χ0n) is 15.0. The van der Waals surface area contributed by atoms with Gasteiger partial charge in [0.2, 0.25) is 15.9 Å². The first-order valence-corrected chi connectivity index (χ1v) is 10.0. The number of carbonyl (C=O) groups is 2. The van der Waals surface area contributed by atoms with Crippen molar-refractivity contribution in [1.29, 1.82) is 0 Å². The number of hydrogen-bond acceptors (Lipinski definition) is 5. The summed E-state index contributed by atoms with van der Waals surface area (Å²) in [6, 6.07) is 13.3. The topological polar surface area (TPSA) is 92.8 Å². The summed E-state index contributed by atoms with van der Waals surface area (Å²) in [7, 11) is -2.09. The molecule has 0 bridgehead atoms. The van der Waals surface area contributed by atoms with Gasteiger partial charge in [0.25, 0.3) is 5.91 Å². The molecule has 2 aromatic rings. The Morgan fingerprint density at radius 1 is 1.19 bits per heavy atom. The Morgan fingerprint density at radius 2 is 1.85 bits per heavy atom. The lowest BCUT2D eigenvalue weighted by Gasteiger charge is -2.15. The molecule has 0 unspecified atom stereocenters. The fourth-order valence-electron chi connectivity index (χ4n) is 2.96.